The maximum Gasteiger partial charge on any atom is 0.327 e. The number of ketones is 1. The van der Waals surface area contributed by atoms with Gasteiger partial charge in [0.1, 0.15) is 0 Å². The summed E-state index contributed by atoms with van der Waals surface area (Å²) in [6, 6.07) is 16.9. The summed E-state index contributed by atoms with van der Waals surface area (Å²) in [5.74, 6) is -0.515. The van der Waals surface area contributed by atoms with Crippen molar-refractivity contribution >= 4 is 29.5 Å². The van der Waals surface area contributed by atoms with E-state index in [1.807, 2.05) is 43.3 Å². The molecule has 0 saturated carbocycles. The van der Waals surface area contributed by atoms with E-state index in [1.165, 1.54) is 18.8 Å². The molecule has 4 unspecified atom stereocenters. The van der Waals surface area contributed by atoms with Gasteiger partial charge >= 0.3 is 6.03 Å². The van der Waals surface area contributed by atoms with E-state index in [0.29, 0.717) is 5.56 Å². The molecule has 0 spiro atoms. The van der Waals surface area contributed by atoms with Crippen molar-refractivity contribution in [3.05, 3.63) is 71.3 Å². The largest absolute Gasteiger partial charge is 0.327 e. The molecule has 2 heterocycles. The second kappa shape index (κ2) is 8.82. The van der Waals surface area contributed by atoms with Crippen LogP contribution in [0.25, 0.3) is 0 Å². The topological polar surface area (TPSA) is 81.8 Å². The van der Waals surface area contributed by atoms with Gasteiger partial charge in [-0.25, -0.2) is 4.79 Å². The van der Waals surface area contributed by atoms with E-state index >= 15 is 0 Å². The Morgan fingerprint density at radius 2 is 1.77 bits per heavy atom. The van der Waals surface area contributed by atoms with E-state index in [0.717, 1.165) is 16.0 Å². The van der Waals surface area contributed by atoms with Gasteiger partial charge in [-0.05, 0) is 12.5 Å². The Morgan fingerprint density at radius 3 is 2.48 bits per heavy atom. The number of carbonyl (C=O) groups excluding carboxylic acids is 3. The number of carbonyl (C=O) groups is 3. The van der Waals surface area contributed by atoms with E-state index in [1.54, 1.807) is 24.1 Å². The quantitative estimate of drug-likeness (QED) is 0.699. The molecule has 2 saturated heterocycles. The maximum absolute atomic E-state index is 13.0. The first-order valence-corrected chi connectivity index (χ1v) is 11.2. The standard InChI is InChI=1S/C23H26N4O3S/c1-14-8-7-11-16(12-14)19-24-20-18(22(29)27(3)23(30)26(20)2)21(25-19)31-13-17(28)15-9-5-4-6-10-15/h4-12,18-21,24-25H,13H2,1-3H3. The highest BCUT2D eigenvalue weighted by atomic mass is 32.2. The number of nitrogens with zero attached hydrogens (tertiary/aromatic N) is 2. The number of amides is 3. The molecule has 2 aliphatic rings. The SMILES string of the molecule is Cc1cccc(C2NC(SCC(=O)c3ccccc3)C3C(=O)N(C)C(=O)N(C)C3N2)c1. The summed E-state index contributed by atoms with van der Waals surface area (Å²) in [6.07, 6.45) is -0.718. The van der Waals surface area contributed by atoms with E-state index in [4.69, 9.17) is 0 Å². The first-order valence-electron chi connectivity index (χ1n) is 10.2. The minimum Gasteiger partial charge on any atom is -0.311 e. The van der Waals surface area contributed by atoms with Crippen molar-refractivity contribution in [1.29, 1.82) is 0 Å². The van der Waals surface area contributed by atoms with Crippen molar-refractivity contribution in [1.82, 2.24) is 20.4 Å². The molecule has 0 radical (unpaired) electrons. The highest BCUT2D eigenvalue weighted by Gasteiger charge is 2.51. The number of benzene rings is 2. The second-order valence-electron chi connectivity index (χ2n) is 7.96. The number of aryl methyl sites for hydroxylation is 1. The zero-order valence-corrected chi connectivity index (χ0v) is 18.6. The van der Waals surface area contributed by atoms with Gasteiger partial charge in [-0.1, -0.05) is 60.2 Å². The second-order valence-corrected chi connectivity index (χ2v) is 9.09. The molecule has 0 aromatic heterocycles. The maximum atomic E-state index is 13.0. The lowest BCUT2D eigenvalue weighted by molar-refractivity contribution is -0.140. The van der Waals surface area contributed by atoms with Gasteiger partial charge in [0.2, 0.25) is 5.91 Å². The van der Waals surface area contributed by atoms with Gasteiger partial charge in [0, 0.05) is 19.7 Å². The molecule has 7 nitrogen and oxygen atoms in total. The normalized spacial score (nSPS) is 26.0. The van der Waals surface area contributed by atoms with Crippen LogP contribution in [0.15, 0.2) is 54.6 Å². The van der Waals surface area contributed by atoms with Crippen LogP contribution in [0, 0.1) is 12.8 Å². The van der Waals surface area contributed by atoms with Crippen LogP contribution in [0.3, 0.4) is 0 Å². The number of hydrogen-bond donors (Lipinski definition) is 2. The van der Waals surface area contributed by atoms with Gasteiger partial charge in [-0.3, -0.25) is 25.1 Å². The summed E-state index contributed by atoms with van der Waals surface area (Å²) in [5.41, 5.74) is 2.79. The lowest BCUT2D eigenvalue weighted by atomic mass is 9.95. The van der Waals surface area contributed by atoms with Gasteiger partial charge in [-0.15, -0.1) is 11.8 Å². The Kier molecular flexibility index (Phi) is 6.13. The van der Waals surface area contributed by atoms with E-state index in [2.05, 4.69) is 16.7 Å². The Bertz CT molecular complexity index is 999. The molecule has 31 heavy (non-hydrogen) atoms. The summed E-state index contributed by atoms with van der Waals surface area (Å²) >= 11 is 1.41. The van der Waals surface area contributed by atoms with E-state index in [-0.39, 0.29) is 35.0 Å². The van der Waals surface area contributed by atoms with Crippen LogP contribution in [-0.2, 0) is 4.79 Å². The number of Topliss-reactive ketones (excluding diaryl/α,β-unsaturated/α-hetero) is 1. The summed E-state index contributed by atoms with van der Waals surface area (Å²) in [7, 11) is 3.20. The number of thioether (sulfide) groups is 1. The van der Waals surface area contributed by atoms with Gasteiger partial charge < -0.3 is 4.90 Å². The first-order chi connectivity index (χ1) is 14.9. The molecule has 0 aliphatic carbocycles. The number of fused-ring (bicyclic) bond motifs is 1. The number of nitrogens with one attached hydrogen (secondary N) is 2. The van der Waals surface area contributed by atoms with Crippen molar-refractivity contribution < 1.29 is 14.4 Å². The van der Waals surface area contributed by atoms with E-state index < -0.39 is 12.1 Å². The number of hydrogen-bond acceptors (Lipinski definition) is 6. The predicted molar refractivity (Wildman–Crippen MR) is 120 cm³/mol. The third kappa shape index (κ3) is 4.23. The zero-order valence-electron chi connectivity index (χ0n) is 17.7. The fourth-order valence-electron chi connectivity index (χ4n) is 4.11. The van der Waals surface area contributed by atoms with Crippen LogP contribution >= 0.6 is 11.8 Å². The molecule has 2 fully saturated rings. The molecule has 2 aromatic carbocycles. The van der Waals surface area contributed by atoms with Crippen molar-refractivity contribution in [2.75, 3.05) is 19.8 Å². The van der Waals surface area contributed by atoms with Crippen molar-refractivity contribution in [2.24, 2.45) is 5.92 Å². The smallest absolute Gasteiger partial charge is 0.311 e. The Morgan fingerprint density at radius 1 is 1.03 bits per heavy atom. The van der Waals surface area contributed by atoms with Gasteiger partial charge in [-0.2, -0.15) is 0 Å². The lowest BCUT2D eigenvalue weighted by Gasteiger charge is -2.50. The van der Waals surface area contributed by atoms with Crippen LogP contribution in [0.5, 0.6) is 0 Å². The zero-order chi connectivity index (χ0) is 22.1. The van der Waals surface area contributed by atoms with Crippen molar-refractivity contribution in [2.45, 2.75) is 24.6 Å². The minimum absolute atomic E-state index is 0.00984. The van der Waals surface area contributed by atoms with Crippen LogP contribution < -0.4 is 10.6 Å². The summed E-state index contributed by atoms with van der Waals surface area (Å²) < 4.78 is 0. The average Bonchev–Trinajstić information content (AvgIpc) is 2.79. The molecule has 3 amide bonds. The average molecular weight is 439 g/mol. The third-order valence-corrected chi connectivity index (χ3v) is 7.04. The Labute approximate surface area is 186 Å². The molecule has 8 heteroatoms. The van der Waals surface area contributed by atoms with Crippen LogP contribution in [0.1, 0.15) is 27.7 Å². The Hall–Kier alpha value is -2.68. The molecule has 4 atom stereocenters. The number of imide groups is 1. The van der Waals surface area contributed by atoms with Gasteiger partial charge in [0.15, 0.2) is 5.78 Å². The number of urea groups is 1. The monoisotopic (exact) mass is 438 g/mol. The fourth-order valence-corrected chi connectivity index (χ4v) is 5.32. The molecule has 2 N–H and O–H groups in total. The lowest BCUT2D eigenvalue weighted by Crippen LogP contribution is -2.72. The van der Waals surface area contributed by atoms with Crippen LogP contribution in [0.2, 0.25) is 0 Å². The summed E-state index contributed by atoms with van der Waals surface area (Å²) in [4.78, 5) is 41.0. The Balaban J connectivity index is 1.60. The molecule has 2 aliphatic heterocycles. The summed E-state index contributed by atoms with van der Waals surface area (Å²) in [6.45, 7) is 2.02. The van der Waals surface area contributed by atoms with Gasteiger partial charge in [0.05, 0.1) is 29.4 Å². The summed E-state index contributed by atoms with van der Waals surface area (Å²) in [5, 5.41) is 6.59. The van der Waals surface area contributed by atoms with Gasteiger partial charge in [0.25, 0.3) is 0 Å². The third-order valence-electron chi connectivity index (χ3n) is 5.82. The predicted octanol–water partition coefficient (Wildman–Crippen LogP) is 2.59. The molecule has 4 rings (SSSR count). The molecule has 162 valence electrons. The van der Waals surface area contributed by atoms with Crippen molar-refractivity contribution in [3.8, 4) is 0 Å². The minimum atomic E-state index is -0.512. The van der Waals surface area contributed by atoms with Crippen molar-refractivity contribution in [3.63, 3.8) is 0 Å². The van der Waals surface area contributed by atoms with Crippen LogP contribution in [0.4, 0.5) is 4.79 Å². The fraction of sp³-hybridized carbons (Fsp3) is 0.348. The molecule has 0 bridgehead atoms. The number of rotatable bonds is 5. The highest BCUT2D eigenvalue weighted by Crippen LogP contribution is 2.34. The first kappa shape index (κ1) is 21.5. The molecular weight excluding hydrogens is 412 g/mol. The molecule has 2 aromatic rings. The van der Waals surface area contributed by atoms with Crippen LogP contribution in [-0.4, -0.2) is 58.9 Å². The molecular formula is C23H26N4O3S. The highest BCUT2D eigenvalue weighted by molar-refractivity contribution is 8.00. The van der Waals surface area contributed by atoms with E-state index in [9.17, 15) is 14.4 Å².